The summed E-state index contributed by atoms with van der Waals surface area (Å²) in [7, 11) is 0. The molecule has 2 fully saturated rings. The Kier molecular flexibility index (Phi) is 3.94. The molecule has 0 radical (unpaired) electrons. The van der Waals surface area contributed by atoms with Crippen molar-refractivity contribution in [3.05, 3.63) is 29.3 Å². The van der Waals surface area contributed by atoms with E-state index in [9.17, 15) is 14.7 Å². The van der Waals surface area contributed by atoms with Crippen LogP contribution in [-0.2, 0) is 16.0 Å². The molecule has 1 aromatic rings. The first kappa shape index (κ1) is 15.5. The number of hydrogen-bond acceptors (Lipinski definition) is 3. The van der Waals surface area contributed by atoms with Gasteiger partial charge in [0.05, 0.1) is 6.04 Å². The number of phenolic OH excluding ortho intramolecular Hbond substituents is 1. The van der Waals surface area contributed by atoms with E-state index in [-0.39, 0.29) is 29.7 Å². The largest absolute Gasteiger partial charge is 0.508 e. The van der Waals surface area contributed by atoms with E-state index in [4.69, 9.17) is 0 Å². The summed E-state index contributed by atoms with van der Waals surface area (Å²) in [5.41, 5.74) is 2.01. The first-order valence-electron chi connectivity index (χ1n) is 9.03. The highest BCUT2D eigenvalue weighted by Crippen LogP contribution is 2.37. The van der Waals surface area contributed by atoms with Gasteiger partial charge in [0.15, 0.2) is 0 Å². The number of hydrogen-bond donors (Lipinski definition) is 2. The van der Waals surface area contributed by atoms with Crippen LogP contribution < -0.4 is 5.32 Å². The lowest BCUT2D eigenvalue weighted by Crippen LogP contribution is -2.44. The van der Waals surface area contributed by atoms with Gasteiger partial charge < -0.3 is 15.3 Å². The highest BCUT2D eigenvalue weighted by atomic mass is 16.3. The molecule has 2 aliphatic carbocycles. The number of carbonyl (C=O) groups is 2. The molecular formula is C19H24N2O3. The molecule has 5 nitrogen and oxygen atoms in total. The molecule has 3 aliphatic rings. The molecule has 0 unspecified atom stereocenters. The van der Waals surface area contributed by atoms with Gasteiger partial charge in [0.1, 0.15) is 5.75 Å². The molecule has 5 heteroatoms. The average Bonchev–Trinajstić information content (AvgIpc) is 3.37. The maximum atomic E-state index is 12.6. The fourth-order valence-corrected chi connectivity index (χ4v) is 4.03. The number of nitrogens with one attached hydrogen (secondary N) is 1. The van der Waals surface area contributed by atoms with Crippen molar-refractivity contribution in [3.8, 4) is 5.75 Å². The maximum Gasteiger partial charge on any atom is 0.225 e. The number of nitrogens with zero attached hydrogens (tertiary/aromatic N) is 1. The van der Waals surface area contributed by atoms with Crippen LogP contribution in [0.5, 0.6) is 5.75 Å². The van der Waals surface area contributed by atoms with Crippen LogP contribution in [0.15, 0.2) is 18.2 Å². The van der Waals surface area contributed by atoms with Crippen molar-refractivity contribution in [1.29, 1.82) is 0 Å². The molecule has 0 spiro atoms. The number of likely N-dealkylation sites (tertiary alicyclic amines) is 1. The highest BCUT2D eigenvalue weighted by Gasteiger charge is 2.36. The van der Waals surface area contributed by atoms with E-state index in [0.29, 0.717) is 18.8 Å². The van der Waals surface area contributed by atoms with Gasteiger partial charge >= 0.3 is 0 Å². The monoisotopic (exact) mass is 328 g/mol. The first-order valence-corrected chi connectivity index (χ1v) is 9.03. The van der Waals surface area contributed by atoms with Crippen LogP contribution in [0.3, 0.4) is 0 Å². The maximum absolute atomic E-state index is 12.6. The molecule has 2 amide bonds. The molecule has 1 aliphatic heterocycles. The number of amides is 2. The van der Waals surface area contributed by atoms with E-state index in [0.717, 1.165) is 49.7 Å². The zero-order valence-corrected chi connectivity index (χ0v) is 13.8. The summed E-state index contributed by atoms with van der Waals surface area (Å²) < 4.78 is 0. The third-order valence-electron chi connectivity index (χ3n) is 5.67. The molecule has 1 heterocycles. The molecule has 1 saturated heterocycles. The Morgan fingerprint density at radius 1 is 1.04 bits per heavy atom. The van der Waals surface area contributed by atoms with E-state index in [2.05, 4.69) is 5.32 Å². The lowest BCUT2D eigenvalue weighted by atomic mass is 9.95. The van der Waals surface area contributed by atoms with Gasteiger partial charge in [0.2, 0.25) is 11.8 Å². The quantitative estimate of drug-likeness (QED) is 0.893. The van der Waals surface area contributed by atoms with Crippen molar-refractivity contribution >= 4 is 11.8 Å². The Labute approximate surface area is 142 Å². The van der Waals surface area contributed by atoms with E-state index < -0.39 is 0 Å². The minimum atomic E-state index is -0.00499. The van der Waals surface area contributed by atoms with Crippen LogP contribution in [0, 0.1) is 11.8 Å². The molecule has 128 valence electrons. The zero-order chi connectivity index (χ0) is 16.7. The van der Waals surface area contributed by atoms with Crippen molar-refractivity contribution in [2.75, 3.05) is 13.1 Å². The first-order chi connectivity index (χ1) is 11.6. The van der Waals surface area contributed by atoms with Crippen LogP contribution in [-0.4, -0.2) is 34.9 Å². The van der Waals surface area contributed by atoms with Gasteiger partial charge in [0, 0.05) is 24.9 Å². The van der Waals surface area contributed by atoms with Gasteiger partial charge in [-0.1, -0.05) is 12.1 Å². The van der Waals surface area contributed by atoms with Crippen LogP contribution in [0.25, 0.3) is 0 Å². The lowest BCUT2D eigenvalue weighted by Gasteiger charge is -2.32. The topological polar surface area (TPSA) is 69.6 Å². The molecule has 1 atom stereocenters. The molecule has 1 saturated carbocycles. The number of benzene rings is 1. The van der Waals surface area contributed by atoms with E-state index in [1.165, 1.54) is 0 Å². The van der Waals surface area contributed by atoms with Crippen LogP contribution >= 0.6 is 0 Å². The Morgan fingerprint density at radius 2 is 1.79 bits per heavy atom. The van der Waals surface area contributed by atoms with Gasteiger partial charge in [-0.3, -0.25) is 9.59 Å². The summed E-state index contributed by atoms with van der Waals surface area (Å²) in [6.07, 6.45) is 5.23. The van der Waals surface area contributed by atoms with Crippen LogP contribution in [0.4, 0.5) is 0 Å². The van der Waals surface area contributed by atoms with Crippen molar-refractivity contribution in [2.24, 2.45) is 11.8 Å². The number of carbonyl (C=O) groups excluding carboxylic acids is 2. The predicted octanol–water partition coefficient (Wildman–Crippen LogP) is 2.14. The second-order valence-electron chi connectivity index (χ2n) is 7.32. The van der Waals surface area contributed by atoms with E-state index >= 15 is 0 Å². The summed E-state index contributed by atoms with van der Waals surface area (Å²) in [4.78, 5) is 26.6. The third kappa shape index (κ3) is 2.87. The van der Waals surface area contributed by atoms with Crippen molar-refractivity contribution in [3.63, 3.8) is 0 Å². The van der Waals surface area contributed by atoms with Crippen molar-refractivity contribution < 1.29 is 14.7 Å². The lowest BCUT2D eigenvalue weighted by molar-refractivity contribution is -0.136. The van der Waals surface area contributed by atoms with Crippen molar-refractivity contribution in [2.45, 2.75) is 44.6 Å². The normalized spacial score (nSPS) is 23.8. The summed E-state index contributed by atoms with van der Waals surface area (Å²) >= 11 is 0. The molecule has 24 heavy (non-hydrogen) atoms. The fourth-order valence-electron chi connectivity index (χ4n) is 4.03. The fraction of sp³-hybridized carbons (Fsp3) is 0.579. The van der Waals surface area contributed by atoms with Gasteiger partial charge in [-0.05, 0) is 55.7 Å². The summed E-state index contributed by atoms with van der Waals surface area (Å²) in [6.45, 7) is 1.41. The number of fused-ring (bicyclic) bond motifs is 1. The number of rotatable bonds is 3. The number of phenols is 1. The summed E-state index contributed by atoms with van der Waals surface area (Å²) in [5, 5.41) is 13.1. The van der Waals surface area contributed by atoms with Gasteiger partial charge in [0.25, 0.3) is 0 Å². The molecular weight excluding hydrogens is 304 g/mol. The van der Waals surface area contributed by atoms with E-state index in [1.807, 2.05) is 17.0 Å². The highest BCUT2D eigenvalue weighted by molar-refractivity contribution is 5.82. The number of aromatic hydroxyl groups is 1. The smallest absolute Gasteiger partial charge is 0.225 e. The minimum Gasteiger partial charge on any atom is -0.508 e. The molecule has 4 rings (SSSR count). The summed E-state index contributed by atoms with van der Waals surface area (Å²) in [5.74, 6) is 0.965. The Hall–Kier alpha value is -2.04. The van der Waals surface area contributed by atoms with Gasteiger partial charge in [-0.15, -0.1) is 0 Å². The SMILES string of the molecule is O=C(N[C@@H]1CCc2c(O)cccc21)C1CCN(C(=O)C2CC2)CC1. The van der Waals surface area contributed by atoms with Gasteiger partial charge in [-0.2, -0.15) is 0 Å². The van der Waals surface area contributed by atoms with E-state index in [1.54, 1.807) is 6.07 Å². The van der Waals surface area contributed by atoms with Gasteiger partial charge in [-0.25, -0.2) is 0 Å². The Bertz CT molecular complexity index is 661. The molecule has 0 aromatic heterocycles. The second-order valence-corrected chi connectivity index (χ2v) is 7.32. The molecule has 2 N–H and O–H groups in total. The minimum absolute atomic E-state index is 0.00499. The predicted molar refractivity (Wildman–Crippen MR) is 89.3 cm³/mol. The Balaban J connectivity index is 1.33. The van der Waals surface area contributed by atoms with Crippen LogP contribution in [0.1, 0.15) is 49.3 Å². The average molecular weight is 328 g/mol. The molecule has 1 aromatic carbocycles. The molecule has 0 bridgehead atoms. The zero-order valence-electron chi connectivity index (χ0n) is 13.8. The third-order valence-corrected chi connectivity index (χ3v) is 5.67. The summed E-state index contributed by atoms with van der Waals surface area (Å²) in [6, 6.07) is 5.53. The standard InChI is InChI=1S/C19H24N2O3/c22-17-3-1-2-14-15(17)6-7-16(14)20-18(23)12-8-10-21(11-9-12)19(24)13-4-5-13/h1-3,12-13,16,22H,4-11H2,(H,20,23)/t16-/m1/s1. The van der Waals surface area contributed by atoms with Crippen molar-refractivity contribution in [1.82, 2.24) is 10.2 Å². The second kappa shape index (κ2) is 6.11. The number of piperidine rings is 1. The Morgan fingerprint density at radius 3 is 2.50 bits per heavy atom. The van der Waals surface area contributed by atoms with Crippen LogP contribution in [0.2, 0.25) is 0 Å².